The molecule has 2 aliphatic heterocycles. The van der Waals surface area contributed by atoms with E-state index in [9.17, 15) is 9.59 Å². The molecule has 3 heterocycles. The molecule has 0 spiro atoms. The van der Waals surface area contributed by atoms with Crippen molar-refractivity contribution in [3.05, 3.63) is 35.0 Å². The van der Waals surface area contributed by atoms with Gasteiger partial charge in [0.05, 0.1) is 15.7 Å². The Balaban J connectivity index is 1.35. The minimum absolute atomic E-state index is 0.135. The lowest BCUT2D eigenvalue weighted by Crippen LogP contribution is -2.50. The fourth-order valence-electron chi connectivity index (χ4n) is 3.38. The van der Waals surface area contributed by atoms with Crippen molar-refractivity contribution in [1.82, 2.24) is 20.5 Å². The number of fused-ring (bicyclic) bond motifs is 1. The molecule has 1 fully saturated rings. The summed E-state index contributed by atoms with van der Waals surface area (Å²) in [6.07, 6.45) is 3.01. The summed E-state index contributed by atoms with van der Waals surface area (Å²) in [6.45, 7) is 6.79. The number of benzene rings is 1. The average Bonchev–Trinajstić information content (AvgIpc) is 3.27. The summed E-state index contributed by atoms with van der Waals surface area (Å²) in [5.41, 5.74) is 3.53. The number of hydrogen-bond acceptors (Lipinski definition) is 7. The normalized spacial score (nSPS) is 19.2. The number of nitrogens with one attached hydrogen (secondary N) is 2. The van der Waals surface area contributed by atoms with Gasteiger partial charge in [-0.15, -0.1) is 11.3 Å². The fraction of sp³-hybridized carbons (Fsp3) is 0.429. The Morgan fingerprint density at radius 2 is 2.10 bits per heavy atom. The molecule has 1 aromatic carbocycles. The van der Waals surface area contributed by atoms with E-state index >= 15 is 0 Å². The van der Waals surface area contributed by atoms with Crippen molar-refractivity contribution in [2.45, 2.75) is 45.3 Å². The Bertz CT molecular complexity index is 1030. The molecule has 8 nitrogen and oxygen atoms in total. The van der Waals surface area contributed by atoms with E-state index in [-0.39, 0.29) is 18.0 Å². The van der Waals surface area contributed by atoms with Crippen LogP contribution in [0.1, 0.15) is 39.2 Å². The molecule has 4 rings (SSSR count). The van der Waals surface area contributed by atoms with Crippen LogP contribution in [-0.4, -0.2) is 52.6 Å². The van der Waals surface area contributed by atoms with Crippen LogP contribution in [-0.2, 0) is 9.53 Å². The molecule has 0 aliphatic carbocycles. The van der Waals surface area contributed by atoms with Crippen molar-refractivity contribution in [2.75, 3.05) is 13.1 Å². The maximum absolute atomic E-state index is 12.3. The molecule has 30 heavy (non-hydrogen) atoms. The van der Waals surface area contributed by atoms with Gasteiger partial charge >= 0.3 is 6.09 Å². The topological polar surface area (TPSA) is 95.9 Å². The van der Waals surface area contributed by atoms with Gasteiger partial charge in [0, 0.05) is 19.1 Å². The number of carbonyl (C=O) groups is 2. The number of aromatic nitrogens is 1. The fourth-order valence-corrected chi connectivity index (χ4v) is 4.11. The minimum atomic E-state index is -0.498. The van der Waals surface area contributed by atoms with Gasteiger partial charge in [-0.3, -0.25) is 10.1 Å². The Kier molecular flexibility index (Phi) is 5.46. The van der Waals surface area contributed by atoms with E-state index in [1.807, 2.05) is 39.0 Å². The van der Waals surface area contributed by atoms with Gasteiger partial charge in [0.1, 0.15) is 11.3 Å². The second-order valence-corrected chi connectivity index (χ2v) is 9.30. The molecule has 158 valence electrons. The predicted molar refractivity (Wildman–Crippen MR) is 117 cm³/mol. The smallest absolute Gasteiger partial charge is 0.410 e. The molecule has 2 amide bonds. The zero-order chi connectivity index (χ0) is 21.3. The number of nitrogens with zero attached hydrogens (tertiary/aromatic N) is 3. The van der Waals surface area contributed by atoms with Crippen molar-refractivity contribution in [1.29, 1.82) is 0 Å². The van der Waals surface area contributed by atoms with Crippen LogP contribution < -0.4 is 10.6 Å². The van der Waals surface area contributed by atoms with Gasteiger partial charge in [-0.1, -0.05) is 6.07 Å². The first-order valence-corrected chi connectivity index (χ1v) is 10.8. The first kappa shape index (κ1) is 20.3. The molecule has 0 unspecified atom stereocenters. The SMILES string of the molecule is CC(C)(C)OC(=O)N1CCC(NC2=N/C(=C\c3ccc4ncsc4c3)C(=O)N2)CC1. The number of likely N-dealkylation sites (tertiary alicyclic amines) is 1. The highest BCUT2D eigenvalue weighted by Gasteiger charge is 2.28. The van der Waals surface area contributed by atoms with E-state index in [0.29, 0.717) is 24.7 Å². The van der Waals surface area contributed by atoms with E-state index in [2.05, 4.69) is 20.6 Å². The van der Waals surface area contributed by atoms with Crippen LogP contribution in [0.4, 0.5) is 4.79 Å². The standard InChI is InChI=1S/C21H25N5O3S/c1-21(2,3)29-20(28)26-8-6-14(7-9-26)23-19-24-16(18(27)25-19)10-13-4-5-15-17(11-13)30-12-22-15/h4-5,10-12,14H,6-9H2,1-3H3,(H2,23,24,25,27)/b16-10-. The van der Waals surface area contributed by atoms with Gasteiger partial charge in [0.25, 0.3) is 5.91 Å². The molecule has 2 aromatic rings. The lowest BCUT2D eigenvalue weighted by Gasteiger charge is -2.33. The second-order valence-electron chi connectivity index (χ2n) is 8.41. The third-order valence-corrected chi connectivity index (χ3v) is 5.63. The van der Waals surface area contributed by atoms with Gasteiger partial charge in [-0.25, -0.2) is 14.8 Å². The van der Waals surface area contributed by atoms with Crippen molar-refractivity contribution in [2.24, 2.45) is 4.99 Å². The molecular formula is C21H25N5O3S. The largest absolute Gasteiger partial charge is 0.444 e. The van der Waals surface area contributed by atoms with Crippen molar-refractivity contribution >= 4 is 45.6 Å². The number of carbonyl (C=O) groups excluding carboxylic acids is 2. The Morgan fingerprint density at radius 3 is 2.83 bits per heavy atom. The summed E-state index contributed by atoms with van der Waals surface area (Å²) in [5, 5.41) is 6.07. The van der Waals surface area contributed by atoms with E-state index in [1.54, 1.807) is 27.8 Å². The highest BCUT2D eigenvalue weighted by atomic mass is 32.1. The highest BCUT2D eigenvalue weighted by molar-refractivity contribution is 7.16. The van der Waals surface area contributed by atoms with Crippen LogP contribution in [0.25, 0.3) is 16.3 Å². The van der Waals surface area contributed by atoms with Gasteiger partial charge in [0.15, 0.2) is 0 Å². The van der Waals surface area contributed by atoms with E-state index in [1.165, 1.54) is 0 Å². The molecule has 1 saturated heterocycles. The van der Waals surface area contributed by atoms with E-state index in [0.717, 1.165) is 28.6 Å². The van der Waals surface area contributed by atoms with Crippen molar-refractivity contribution in [3.8, 4) is 0 Å². The number of ether oxygens (including phenoxy) is 1. The first-order valence-electron chi connectivity index (χ1n) is 9.96. The highest BCUT2D eigenvalue weighted by Crippen LogP contribution is 2.22. The number of piperidine rings is 1. The van der Waals surface area contributed by atoms with Gasteiger partial charge in [-0.2, -0.15) is 0 Å². The van der Waals surface area contributed by atoms with Gasteiger partial charge in [0.2, 0.25) is 5.96 Å². The van der Waals surface area contributed by atoms with Crippen molar-refractivity contribution in [3.63, 3.8) is 0 Å². The molecule has 0 saturated carbocycles. The van der Waals surface area contributed by atoms with Crippen LogP contribution in [0.5, 0.6) is 0 Å². The Morgan fingerprint density at radius 1 is 1.33 bits per heavy atom. The molecule has 0 atom stereocenters. The number of aliphatic imine (C=N–C) groups is 1. The Hall–Kier alpha value is -2.94. The number of amides is 2. The maximum Gasteiger partial charge on any atom is 0.410 e. The molecule has 9 heteroatoms. The summed E-state index contributed by atoms with van der Waals surface area (Å²) in [4.78, 5) is 34.9. The molecule has 1 aromatic heterocycles. The Labute approximate surface area is 179 Å². The maximum atomic E-state index is 12.3. The van der Waals surface area contributed by atoms with Crippen LogP contribution in [0.2, 0.25) is 0 Å². The van der Waals surface area contributed by atoms with Gasteiger partial charge in [-0.05, 0) is 57.4 Å². The summed E-state index contributed by atoms with van der Waals surface area (Å²) in [6, 6.07) is 6.00. The summed E-state index contributed by atoms with van der Waals surface area (Å²) >= 11 is 1.56. The molecule has 0 radical (unpaired) electrons. The second kappa shape index (κ2) is 8.06. The lowest BCUT2D eigenvalue weighted by atomic mass is 10.1. The number of hydrogen-bond donors (Lipinski definition) is 2. The molecule has 2 N–H and O–H groups in total. The third kappa shape index (κ3) is 4.79. The lowest BCUT2D eigenvalue weighted by molar-refractivity contribution is -0.115. The minimum Gasteiger partial charge on any atom is -0.444 e. The number of thiazole rings is 1. The van der Waals surface area contributed by atoms with Crippen LogP contribution >= 0.6 is 11.3 Å². The summed E-state index contributed by atoms with van der Waals surface area (Å²) < 4.78 is 6.50. The third-order valence-electron chi connectivity index (χ3n) is 4.84. The summed E-state index contributed by atoms with van der Waals surface area (Å²) in [5.74, 6) is 0.230. The zero-order valence-corrected chi connectivity index (χ0v) is 18.1. The zero-order valence-electron chi connectivity index (χ0n) is 17.3. The quantitative estimate of drug-likeness (QED) is 0.718. The van der Waals surface area contributed by atoms with E-state index < -0.39 is 5.60 Å². The van der Waals surface area contributed by atoms with Crippen LogP contribution in [0.15, 0.2) is 34.4 Å². The first-order chi connectivity index (χ1) is 14.3. The predicted octanol–water partition coefficient (Wildman–Crippen LogP) is 3.11. The molecule has 2 aliphatic rings. The van der Waals surface area contributed by atoms with Crippen molar-refractivity contribution < 1.29 is 14.3 Å². The summed E-state index contributed by atoms with van der Waals surface area (Å²) in [7, 11) is 0. The van der Waals surface area contributed by atoms with E-state index in [4.69, 9.17) is 4.74 Å². The van der Waals surface area contributed by atoms with Gasteiger partial charge < -0.3 is 15.0 Å². The molecular weight excluding hydrogens is 402 g/mol. The van der Waals surface area contributed by atoms with Crippen LogP contribution in [0.3, 0.4) is 0 Å². The molecule has 0 bridgehead atoms. The number of guanidine groups is 1. The van der Waals surface area contributed by atoms with Crippen LogP contribution in [0, 0.1) is 0 Å². The monoisotopic (exact) mass is 427 g/mol. The average molecular weight is 428 g/mol. The number of rotatable bonds is 2.